The van der Waals surface area contributed by atoms with E-state index in [0.717, 1.165) is 27.4 Å². The highest BCUT2D eigenvalue weighted by Gasteiger charge is 2.32. The van der Waals surface area contributed by atoms with Crippen LogP contribution in [0.3, 0.4) is 0 Å². The molecule has 114 valence electrons. The van der Waals surface area contributed by atoms with Gasteiger partial charge in [0.1, 0.15) is 12.1 Å². The highest BCUT2D eigenvalue weighted by Crippen LogP contribution is 2.37. The second kappa shape index (κ2) is 6.46. The summed E-state index contributed by atoms with van der Waals surface area (Å²) in [4.78, 5) is 13.7. The molecule has 0 aliphatic carbocycles. The predicted molar refractivity (Wildman–Crippen MR) is 93.0 cm³/mol. The van der Waals surface area contributed by atoms with Crippen molar-refractivity contribution in [2.45, 2.75) is 32.5 Å². The Bertz CT molecular complexity index is 699. The molecule has 0 radical (unpaired) electrons. The van der Waals surface area contributed by atoms with Gasteiger partial charge in [-0.25, -0.2) is 4.39 Å². The van der Waals surface area contributed by atoms with Gasteiger partial charge in [0.25, 0.3) is 0 Å². The first-order valence-electron chi connectivity index (χ1n) is 7.37. The average Bonchev–Trinajstić information content (AvgIpc) is 2.85. The maximum Gasteiger partial charge on any atom is 0.141 e. The minimum Gasteiger partial charge on any atom is -0.301 e. The van der Waals surface area contributed by atoms with Crippen LogP contribution in [0.2, 0.25) is 0 Å². The summed E-state index contributed by atoms with van der Waals surface area (Å²) in [5.41, 5.74) is 4.36. The first-order valence-corrected chi connectivity index (χ1v) is 8.45. The number of hydrogen-bond donors (Lipinski definition) is 0. The Morgan fingerprint density at radius 1 is 1.27 bits per heavy atom. The highest BCUT2D eigenvalue weighted by atomic mass is 127. The second-order valence-corrected chi connectivity index (χ2v) is 6.78. The Morgan fingerprint density at radius 3 is 2.59 bits per heavy atom. The maximum absolute atomic E-state index is 13.6. The molecule has 1 heterocycles. The number of aldehydes is 1. The number of halogens is 2. The fraction of sp³-hybridized carbons (Fsp3) is 0.278. The van der Waals surface area contributed by atoms with Crippen LogP contribution in [0.4, 0.5) is 4.39 Å². The van der Waals surface area contributed by atoms with Crippen LogP contribution in [0, 0.1) is 9.39 Å². The number of aryl methyl sites for hydroxylation is 1. The zero-order valence-corrected chi connectivity index (χ0v) is 14.5. The van der Waals surface area contributed by atoms with E-state index in [0.29, 0.717) is 13.1 Å². The summed E-state index contributed by atoms with van der Waals surface area (Å²) < 4.78 is 14.4. The second-order valence-electron chi connectivity index (χ2n) is 5.62. The fourth-order valence-electron chi connectivity index (χ4n) is 3.02. The lowest BCUT2D eigenvalue weighted by Crippen LogP contribution is -2.23. The molecule has 0 saturated carbocycles. The fourth-order valence-corrected chi connectivity index (χ4v) is 3.99. The third-order valence-corrected chi connectivity index (χ3v) is 5.08. The molecule has 1 aliphatic heterocycles. The molecule has 22 heavy (non-hydrogen) atoms. The first-order chi connectivity index (χ1) is 10.6. The van der Waals surface area contributed by atoms with Gasteiger partial charge in [-0.05, 0) is 63.4 Å². The van der Waals surface area contributed by atoms with Crippen molar-refractivity contribution in [3.8, 4) is 0 Å². The van der Waals surface area contributed by atoms with E-state index in [-0.39, 0.29) is 11.9 Å². The van der Waals surface area contributed by atoms with E-state index >= 15 is 0 Å². The van der Waals surface area contributed by atoms with Crippen LogP contribution in [-0.2, 0) is 24.3 Å². The van der Waals surface area contributed by atoms with Gasteiger partial charge in [0.15, 0.2) is 0 Å². The van der Waals surface area contributed by atoms with E-state index in [1.165, 1.54) is 17.2 Å². The summed E-state index contributed by atoms with van der Waals surface area (Å²) in [6.07, 6.45) is 1.98. The third-order valence-electron chi connectivity index (χ3n) is 4.19. The molecule has 2 aromatic rings. The van der Waals surface area contributed by atoms with E-state index in [4.69, 9.17) is 0 Å². The lowest BCUT2D eigenvalue weighted by molar-refractivity contribution is -0.112. The van der Waals surface area contributed by atoms with Crippen molar-refractivity contribution >= 4 is 28.9 Å². The number of nitrogens with zero attached hydrogens (tertiary/aromatic N) is 1. The minimum atomic E-state index is -0.284. The van der Waals surface area contributed by atoms with Gasteiger partial charge >= 0.3 is 0 Å². The molecular weight excluding hydrogens is 392 g/mol. The molecule has 2 nitrogen and oxygen atoms in total. The Balaban J connectivity index is 1.86. The SMILES string of the molecule is CCc1ccc(CN2Cc3cc(F)cc(I)c3C2C=O)cc1. The molecule has 1 atom stereocenters. The number of hydrogen-bond acceptors (Lipinski definition) is 2. The van der Waals surface area contributed by atoms with Crippen molar-refractivity contribution in [1.82, 2.24) is 4.90 Å². The van der Waals surface area contributed by atoms with E-state index in [1.807, 2.05) is 0 Å². The quantitative estimate of drug-likeness (QED) is 0.556. The van der Waals surface area contributed by atoms with Crippen LogP contribution in [0.1, 0.15) is 35.2 Å². The Kier molecular flexibility index (Phi) is 4.59. The maximum atomic E-state index is 13.6. The standard InChI is InChI=1S/C18H17FINO/c1-2-12-3-5-13(6-4-12)9-21-10-14-7-15(19)8-16(20)18(14)17(21)11-22/h3-8,11,17H,2,9-10H2,1H3. The number of benzene rings is 2. The first kappa shape index (κ1) is 15.6. The van der Waals surface area contributed by atoms with E-state index in [9.17, 15) is 9.18 Å². The van der Waals surface area contributed by atoms with Crippen molar-refractivity contribution < 1.29 is 9.18 Å². The average molecular weight is 409 g/mol. The number of carbonyl (C=O) groups excluding carboxylic acids is 1. The summed E-state index contributed by atoms with van der Waals surface area (Å²) in [5.74, 6) is -0.234. The molecule has 1 aliphatic rings. The van der Waals surface area contributed by atoms with Gasteiger partial charge in [-0.1, -0.05) is 31.2 Å². The van der Waals surface area contributed by atoms with E-state index in [1.54, 1.807) is 6.07 Å². The van der Waals surface area contributed by atoms with Crippen molar-refractivity contribution in [3.63, 3.8) is 0 Å². The van der Waals surface area contributed by atoms with Crippen LogP contribution in [0.5, 0.6) is 0 Å². The molecule has 4 heteroatoms. The zero-order chi connectivity index (χ0) is 15.7. The summed E-state index contributed by atoms with van der Waals surface area (Å²) in [6, 6.07) is 11.2. The van der Waals surface area contributed by atoms with Gasteiger partial charge in [0.2, 0.25) is 0 Å². The van der Waals surface area contributed by atoms with Crippen molar-refractivity contribution in [2.24, 2.45) is 0 Å². The number of carbonyl (C=O) groups is 1. The Hall–Kier alpha value is -1.27. The normalized spacial score (nSPS) is 17.5. The zero-order valence-electron chi connectivity index (χ0n) is 12.4. The third kappa shape index (κ3) is 2.94. The van der Waals surface area contributed by atoms with Crippen molar-refractivity contribution in [3.05, 3.63) is 68.0 Å². The smallest absolute Gasteiger partial charge is 0.141 e. The molecule has 0 N–H and O–H groups in total. The molecule has 0 amide bonds. The lowest BCUT2D eigenvalue weighted by Gasteiger charge is -2.21. The van der Waals surface area contributed by atoms with Crippen LogP contribution in [0.25, 0.3) is 0 Å². The molecule has 1 unspecified atom stereocenters. The summed E-state index contributed by atoms with van der Waals surface area (Å²) >= 11 is 2.11. The van der Waals surface area contributed by atoms with Gasteiger partial charge in [-0.3, -0.25) is 4.90 Å². The molecular formula is C18H17FINO. The Morgan fingerprint density at radius 2 is 1.95 bits per heavy atom. The molecule has 0 aromatic heterocycles. The number of fused-ring (bicyclic) bond motifs is 1. The Labute approximate surface area is 143 Å². The predicted octanol–water partition coefficient (Wildman–Crippen LogP) is 4.25. The largest absolute Gasteiger partial charge is 0.301 e. The molecule has 0 bridgehead atoms. The lowest BCUT2D eigenvalue weighted by atomic mass is 10.1. The van der Waals surface area contributed by atoms with Gasteiger partial charge in [0.05, 0.1) is 6.04 Å². The van der Waals surface area contributed by atoms with Gasteiger partial charge < -0.3 is 4.79 Å². The van der Waals surface area contributed by atoms with Crippen LogP contribution in [0.15, 0.2) is 36.4 Å². The van der Waals surface area contributed by atoms with Crippen molar-refractivity contribution in [2.75, 3.05) is 0 Å². The summed E-state index contributed by atoms with van der Waals surface area (Å²) in [6.45, 7) is 3.44. The van der Waals surface area contributed by atoms with Crippen LogP contribution in [-0.4, -0.2) is 11.2 Å². The monoisotopic (exact) mass is 409 g/mol. The molecule has 0 spiro atoms. The summed E-state index contributed by atoms with van der Waals surface area (Å²) in [7, 11) is 0. The highest BCUT2D eigenvalue weighted by molar-refractivity contribution is 14.1. The van der Waals surface area contributed by atoms with Gasteiger partial charge in [0, 0.05) is 16.7 Å². The van der Waals surface area contributed by atoms with Crippen LogP contribution >= 0.6 is 22.6 Å². The van der Waals surface area contributed by atoms with Crippen molar-refractivity contribution in [1.29, 1.82) is 0 Å². The summed E-state index contributed by atoms with van der Waals surface area (Å²) in [5, 5.41) is 0. The van der Waals surface area contributed by atoms with E-state index in [2.05, 4.69) is 58.7 Å². The van der Waals surface area contributed by atoms with E-state index < -0.39 is 0 Å². The van der Waals surface area contributed by atoms with Crippen LogP contribution < -0.4 is 0 Å². The minimum absolute atomic E-state index is 0.234. The van der Waals surface area contributed by atoms with Gasteiger partial charge in [-0.2, -0.15) is 0 Å². The number of rotatable bonds is 4. The topological polar surface area (TPSA) is 20.3 Å². The molecule has 0 saturated heterocycles. The van der Waals surface area contributed by atoms with Gasteiger partial charge in [-0.15, -0.1) is 0 Å². The molecule has 3 rings (SSSR count). The molecule has 0 fully saturated rings. The molecule has 2 aromatic carbocycles.